The van der Waals surface area contributed by atoms with Crippen molar-refractivity contribution in [2.24, 2.45) is 5.10 Å². The van der Waals surface area contributed by atoms with Crippen LogP contribution < -0.4 is 10.2 Å². The number of halogens is 1. The highest BCUT2D eigenvalue weighted by Gasteiger charge is 2.10. The maximum absolute atomic E-state index is 6.20. The summed E-state index contributed by atoms with van der Waals surface area (Å²) in [6, 6.07) is 23.2. The number of hydrazone groups is 1. The average molecular weight is 403 g/mol. The minimum atomic E-state index is 0.413. The lowest BCUT2D eigenvalue weighted by Crippen LogP contribution is -2.00. The minimum absolute atomic E-state index is 0.413. The van der Waals surface area contributed by atoms with Gasteiger partial charge in [0.1, 0.15) is 5.75 Å². The monoisotopic (exact) mass is 402 g/mol. The summed E-state index contributed by atoms with van der Waals surface area (Å²) in [7, 11) is 0. The molecule has 0 fully saturated rings. The Balaban J connectivity index is 1.66. The molecule has 0 aliphatic heterocycles. The average Bonchev–Trinajstić information content (AvgIpc) is 2.75. The first-order valence-corrected chi connectivity index (χ1v) is 9.65. The number of aromatic nitrogens is 2. The largest absolute Gasteiger partial charge is 0.494 e. The number of ether oxygens (including phenoxy) is 1. The van der Waals surface area contributed by atoms with Gasteiger partial charge in [-0.25, -0.2) is 15.4 Å². The van der Waals surface area contributed by atoms with Crippen LogP contribution in [0.3, 0.4) is 0 Å². The number of hydrogen-bond donors (Lipinski definition) is 1. The first-order chi connectivity index (χ1) is 14.2. The van der Waals surface area contributed by atoms with Crippen LogP contribution in [0.5, 0.6) is 5.75 Å². The van der Waals surface area contributed by atoms with Gasteiger partial charge in [-0.3, -0.25) is 0 Å². The fraction of sp³-hybridized carbons (Fsp3) is 0.0870. The zero-order valence-corrected chi connectivity index (χ0v) is 16.6. The zero-order chi connectivity index (χ0) is 20.1. The standard InChI is InChI=1S/C23H19ClN4O/c1-2-29-19-10-6-7-16(13-19)15-25-28-23-26-21-12-11-18(24)14-20(21)22(27-23)17-8-4-3-5-9-17/h3-15H,2H2,1H3,(H,26,27,28)/b25-15+. The molecule has 4 aromatic rings. The van der Waals surface area contributed by atoms with E-state index in [1.165, 1.54) is 0 Å². The lowest BCUT2D eigenvalue weighted by Gasteiger charge is -2.09. The Morgan fingerprint density at radius 3 is 2.69 bits per heavy atom. The van der Waals surface area contributed by atoms with Crippen molar-refractivity contribution in [1.82, 2.24) is 9.97 Å². The van der Waals surface area contributed by atoms with Crippen molar-refractivity contribution in [3.8, 4) is 17.0 Å². The first-order valence-electron chi connectivity index (χ1n) is 9.27. The van der Waals surface area contributed by atoms with E-state index in [1.54, 1.807) is 6.21 Å². The van der Waals surface area contributed by atoms with Gasteiger partial charge in [0.25, 0.3) is 0 Å². The maximum Gasteiger partial charge on any atom is 0.244 e. The molecule has 0 unspecified atom stereocenters. The molecule has 0 spiro atoms. The zero-order valence-electron chi connectivity index (χ0n) is 15.8. The SMILES string of the molecule is CCOc1cccc(/C=N/Nc2nc(-c3ccccc3)c3cc(Cl)ccc3n2)c1. The summed E-state index contributed by atoms with van der Waals surface area (Å²) >= 11 is 6.20. The Bertz CT molecular complexity index is 1160. The van der Waals surface area contributed by atoms with Gasteiger partial charge < -0.3 is 4.74 Å². The number of fused-ring (bicyclic) bond motifs is 1. The van der Waals surface area contributed by atoms with Crippen LogP contribution in [0, 0.1) is 0 Å². The van der Waals surface area contributed by atoms with Crippen molar-refractivity contribution in [2.75, 3.05) is 12.0 Å². The summed E-state index contributed by atoms with van der Waals surface area (Å²) < 4.78 is 5.52. The van der Waals surface area contributed by atoms with Gasteiger partial charge in [-0.1, -0.05) is 54.1 Å². The predicted octanol–water partition coefficient (Wildman–Crippen LogP) is 5.79. The molecule has 0 radical (unpaired) electrons. The van der Waals surface area contributed by atoms with Crippen molar-refractivity contribution in [3.05, 3.63) is 83.4 Å². The van der Waals surface area contributed by atoms with Crippen LogP contribution >= 0.6 is 11.6 Å². The summed E-state index contributed by atoms with van der Waals surface area (Å²) in [6.07, 6.45) is 1.71. The molecule has 4 rings (SSSR count). The summed E-state index contributed by atoms with van der Waals surface area (Å²) in [5.41, 5.74) is 6.43. The molecule has 0 atom stereocenters. The van der Waals surface area contributed by atoms with Gasteiger partial charge in [0.2, 0.25) is 5.95 Å². The predicted molar refractivity (Wildman–Crippen MR) is 119 cm³/mol. The second kappa shape index (κ2) is 8.71. The third-order valence-corrected chi connectivity index (χ3v) is 4.49. The van der Waals surface area contributed by atoms with E-state index < -0.39 is 0 Å². The topological polar surface area (TPSA) is 59.4 Å². The normalized spacial score (nSPS) is 11.1. The maximum atomic E-state index is 6.20. The fourth-order valence-electron chi connectivity index (χ4n) is 2.98. The van der Waals surface area contributed by atoms with Crippen LogP contribution in [0.2, 0.25) is 5.02 Å². The van der Waals surface area contributed by atoms with Crippen LogP contribution in [0.25, 0.3) is 22.2 Å². The van der Waals surface area contributed by atoms with Crippen molar-refractivity contribution < 1.29 is 4.74 Å². The molecule has 0 saturated carbocycles. The molecule has 1 N–H and O–H groups in total. The number of nitrogens with one attached hydrogen (secondary N) is 1. The van der Waals surface area contributed by atoms with Crippen molar-refractivity contribution >= 4 is 34.7 Å². The number of anilines is 1. The number of nitrogens with zero attached hydrogens (tertiary/aromatic N) is 3. The highest BCUT2D eigenvalue weighted by Crippen LogP contribution is 2.29. The van der Waals surface area contributed by atoms with E-state index in [9.17, 15) is 0 Å². The van der Waals surface area contributed by atoms with Gasteiger partial charge in [-0.15, -0.1) is 0 Å². The Kier molecular flexibility index (Phi) is 5.68. The number of rotatable bonds is 6. The van der Waals surface area contributed by atoms with Crippen LogP contribution in [0.4, 0.5) is 5.95 Å². The van der Waals surface area contributed by atoms with Crippen LogP contribution in [-0.4, -0.2) is 22.8 Å². The quantitative estimate of drug-likeness (QED) is 0.327. The second-order valence-electron chi connectivity index (χ2n) is 6.30. The molecule has 1 heterocycles. The number of benzene rings is 3. The molecular formula is C23H19ClN4O. The van der Waals surface area contributed by atoms with E-state index in [4.69, 9.17) is 16.3 Å². The lowest BCUT2D eigenvalue weighted by atomic mass is 10.1. The van der Waals surface area contributed by atoms with Gasteiger partial charge >= 0.3 is 0 Å². The summed E-state index contributed by atoms with van der Waals surface area (Å²) in [4.78, 5) is 9.23. The Hall–Kier alpha value is -3.44. The first kappa shape index (κ1) is 18.9. The molecule has 0 aliphatic rings. The van der Waals surface area contributed by atoms with E-state index in [1.807, 2.05) is 79.7 Å². The Morgan fingerprint density at radius 2 is 1.86 bits per heavy atom. The van der Waals surface area contributed by atoms with Gasteiger partial charge in [0, 0.05) is 16.0 Å². The third kappa shape index (κ3) is 4.52. The summed E-state index contributed by atoms with van der Waals surface area (Å²) in [5.74, 6) is 1.22. The van der Waals surface area contributed by atoms with Gasteiger partial charge in [0.05, 0.1) is 24.0 Å². The van der Waals surface area contributed by atoms with Crippen LogP contribution in [0.1, 0.15) is 12.5 Å². The Labute approximate surface area is 174 Å². The molecule has 0 saturated heterocycles. The van der Waals surface area contributed by atoms with Crippen molar-refractivity contribution in [1.29, 1.82) is 0 Å². The van der Waals surface area contributed by atoms with Crippen LogP contribution in [0.15, 0.2) is 77.9 Å². The second-order valence-corrected chi connectivity index (χ2v) is 6.74. The van der Waals surface area contributed by atoms with E-state index in [0.29, 0.717) is 17.6 Å². The molecule has 5 nitrogen and oxygen atoms in total. The third-order valence-electron chi connectivity index (χ3n) is 4.25. The van der Waals surface area contributed by atoms with Gasteiger partial charge in [0.15, 0.2) is 0 Å². The molecule has 144 valence electrons. The molecule has 0 bridgehead atoms. The summed E-state index contributed by atoms with van der Waals surface area (Å²) in [6.45, 7) is 2.58. The lowest BCUT2D eigenvalue weighted by molar-refractivity contribution is 0.340. The molecule has 3 aromatic carbocycles. The molecule has 0 amide bonds. The summed E-state index contributed by atoms with van der Waals surface area (Å²) in [5, 5.41) is 5.83. The van der Waals surface area contributed by atoms with Crippen molar-refractivity contribution in [2.45, 2.75) is 6.92 Å². The van der Waals surface area contributed by atoms with E-state index >= 15 is 0 Å². The molecular weight excluding hydrogens is 384 g/mol. The van der Waals surface area contributed by atoms with Crippen molar-refractivity contribution in [3.63, 3.8) is 0 Å². The fourth-order valence-corrected chi connectivity index (χ4v) is 3.15. The highest BCUT2D eigenvalue weighted by atomic mass is 35.5. The van der Waals surface area contributed by atoms with E-state index in [-0.39, 0.29) is 0 Å². The van der Waals surface area contributed by atoms with Gasteiger partial charge in [-0.2, -0.15) is 5.10 Å². The smallest absolute Gasteiger partial charge is 0.244 e. The molecule has 1 aromatic heterocycles. The Morgan fingerprint density at radius 1 is 1.00 bits per heavy atom. The molecule has 6 heteroatoms. The molecule has 0 aliphatic carbocycles. The number of hydrogen-bond acceptors (Lipinski definition) is 5. The van der Waals surface area contributed by atoms with Crippen LogP contribution in [-0.2, 0) is 0 Å². The van der Waals surface area contributed by atoms with E-state index in [0.717, 1.165) is 33.5 Å². The minimum Gasteiger partial charge on any atom is -0.494 e. The van der Waals surface area contributed by atoms with E-state index in [2.05, 4.69) is 20.5 Å². The highest BCUT2D eigenvalue weighted by molar-refractivity contribution is 6.31. The molecule has 29 heavy (non-hydrogen) atoms. The van der Waals surface area contributed by atoms with Gasteiger partial charge in [-0.05, 0) is 42.8 Å².